The number of hydrogen-bond donors (Lipinski definition) is 3. The highest BCUT2D eigenvalue weighted by molar-refractivity contribution is 5.83. The minimum Gasteiger partial charge on any atom is -0.480 e. The van der Waals surface area contributed by atoms with Crippen LogP contribution >= 0.6 is 0 Å². The number of hydrogen-bond acceptors (Lipinski definition) is 3. The number of aliphatic carboxylic acids is 1. The van der Waals surface area contributed by atoms with E-state index < -0.39 is 23.9 Å². The maximum absolute atomic E-state index is 11.9. The number of likely N-dealkylation sites (tertiary alicyclic amines) is 1. The van der Waals surface area contributed by atoms with Gasteiger partial charge in [-0.1, -0.05) is 0 Å². The third-order valence-corrected chi connectivity index (χ3v) is 3.26. The van der Waals surface area contributed by atoms with E-state index in [1.54, 1.807) is 0 Å². The number of carbonyl (C=O) groups is 3. The van der Waals surface area contributed by atoms with Crippen LogP contribution < -0.4 is 11.1 Å². The van der Waals surface area contributed by atoms with E-state index >= 15 is 0 Å². The zero-order valence-electron chi connectivity index (χ0n) is 10.5. The molecule has 0 aromatic rings. The molecule has 0 bridgehead atoms. The Hall–Kier alpha value is -1.79. The van der Waals surface area contributed by atoms with Crippen LogP contribution in [0.25, 0.3) is 0 Å². The Morgan fingerprint density at radius 1 is 1.39 bits per heavy atom. The quantitative estimate of drug-likeness (QED) is 0.647. The lowest BCUT2D eigenvalue weighted by Gasteiger charge is -2.37. The summed E-state index contributed by atoms with van der Waals surface area (Å²) in [4.78, 5) is 35.2. The lowest BCUT2D eigenvalue weighted by Crippen LogP contribution is -2.54. The molecule has 4 N–H and O–H groups in total. The number of primary amides is 1. The second-order valence-corrected chi connectivity index (χ2v) is 4.69. The third kappa shape index (κ3) is 3.35. The van der Waals surface area contributed by atoms with Crippen LogP contribution in [0.1, 0.15) is 26.7 Å². The number of rotatable bonds is 3. The summed E-state index contributed by atoms with van der Waals surface area (Å²) in [6.45, 7) is 3.50. The van der Waals surface area contributed by atoms with Gasteiger partial charge in [-0.25, -0.2) is 4.79 Å². The van der Waals surface area contributed by atoms with Crippen LogP contribution in [-0.4, -0.2) is 46.5 Å². The fourth-order valence-corrected chi connectivity index (χ4v) is 1.95. The number of piperidine rings is 1. The van der Waals surface area contributed by atoms with Crippen LogP contribution in [0.3, 0.4) is 0 Å². The van der Waals surface area contributed by atoms with E-state index in [0.717, 1.165) is 0 Å². The maximum atomic E-state index is 11.9. The molecule has 1 aliphatic rings. The summed E-state index contributed by atoms with van der Waals surface area (Å²) in [5, 5.41) is 11.1. The van der Waals surface area contributed by atoms with E-state index in [1.165, 1.54) is 11.8 Å². The first kappa shape index (κ1) is 14.3. The second kappa shape index (κ2) is 5.70. The molecule has 0 aromatic heterocycles. The lowest BCUT2D eigenvalue weighted by molar-refractivity contribution is -0.138. The molecule has 0 aromatic carbocycles. The fourth-order valence-electron chi connectivity index (χ4n) is 1.95. The fraction of sp³-hybridized carbons (Fsp3) is 0.727. The summed E-state index contributed by atoms with van der Waals surface area (Å²) in [6.07, 6.45) is 1.34. The molecule has 1 fully saturated rings. The molecule has 0 aliphatic carbocycles. The number of carboxylic acids is 1. The highest BCUT2D eigenvalue weighted by atomic mass is 16.4. The van der Waals surface area contributed by atoms with Gasteiger partial charge in [-0.2, -0.15) is 0 Å². The number of amides is 3. The smallest absolute Gasteiger partial charge is 0.325 e. The van der Waals surface area contributed by atoms with Crippen molar-refractivity contribution in [2.75, 3.05) is 6.54 Å². The first-order valence-electron chi connectivity index (χ1n) is 5.92. The number of urea groups is 1. The Bertz CT molecular complexity index is 358. The Labute approximate surface area is 105 Å². The van der Waals surface area contributed by atoms with Crippen LogP contribution in [0.15, 0.2) is 0 Å². The average Bonchev–Trinajstić information content (AvgIpc) is 2.28. The molecule has 1 heterocycles. The van der Waals surface area contributed by atoms with E-state index in [-0.39, 0.29) is 18.5 Å². The number of carbonyl (C=O) groups excluding carboxylic acids is 2. The van der Waals surface area contributed by atoms with E-state index in [9.17, 15) is 14.4 Å². The maximum Gasteiger partial charge on any atom is 0.325 e. The molecule has 3 atom stereocenters. The molecule has 7 nitrogen and oxygen atoms in total. The minimum absolute atomic E-state index is 0.0263. The van der Waals surface area contributed by atoms with Crippen molar-refractivity contribution in [1.82, 2.24) is 10.2 Å². The Balaban J connectivity index is 2.64. The van der Waals surface area contributed by atoms with Gasteiger partial charge in [-0.05, 0) is 26.7 Å². The van der Waals surface area contributed by atoms with Crippen molar-refractivity contribution in [3.8, 4) is 0 Å². The van der Waals surface area contributed by atoms with Gasteiger partial charge in [-0.15, -0.1) is 0 Å². The number of carboxylic acid groups (broad SMARTS) is 1. The molecule has 7 heteroatoms. The summed E-state index contributed by atoms with van der Waals surface area (Å²) >= 11 is 0. The average molecular weight is 257 g/mol. The monoisotopic (exact) mass is 257 g/mol. The molecular weight excluding hydrogens is 238 g/mol. The van der Waals surface area contributed by atoms with Gasteiger partial charge in [0.05, 0.1) is 5.92 Å². The van der Waals surface area contributed by atoms with Gasteiger partial charge in [0.25, 0.3) is 0 Å². The predicted octanol–water partition coefficient (Wildman–Crippen LogP) is -0.245. The van der Waals surface area contributed by atoms with Gasteiger partial charge >= 0.3 is 12.0 Å². The van der Waals surface area contributed by atoms with Crippen LogP contribution in [-0.2, 0) is 9.59 Å². The molecule has 102 valence electrons. The Morgan fingerprint density at radius 3 is 2.50 bits per heavy atom. The van der Waals surface area contributed by atoms with Gasteiger partial charge in [0, 0.05) is 12.6 Å². The minimum atomic E-state index is -1.10. The summed E-state index contributed by atoms with van der Waals surface area (Å²) < 4.78 is 0. The SMILES string of the molecule is CC1CCC(C(N)=O)CN1C(=O)N[C@@H](C)C(=O)O. The molecule has 1 rings (SSSR count). The molecule has 1 aliphatic heterocycles. The molecule has 18 heavy (non-hydrogen) atoms. The largest absolute Gasteiger partial charge is 0.480 e. The standard InChI is InChI=1S/C11H19N3O4/c1-6-3-4-8(9(12)15)5-14(6)11(18)13-7(2)10(16)17/h6-8H,3-5H2,1-2H3,(H2,12,15)(H,13,18)(H,16,17)/t6?,7-,8?/m0/s1. The summed E-state index contributed by atoms with van der Waals surface area (Å²) in [5.41, 5.74) is 5.23. The summed E-state index contributed by atoms with van der Waals surface area (Å²) in [6, 6.07) is -1.46. The first-order chi connectivity index (χ1) is 8.32. The zero-order valence-corrected chi connectivity index (χ0v) is 10.5. The molecule has 0 spiro atoms. The highest BCUT2D eigenvalue weighted by Gasteiger charge is 2.32. The molecule has 0 saturated carbocycles. The zero-order chi connectivity index (χ0) is 13.9. The number of nitrogens with zero attached hydrogens (tertiary/aromatic N) is 1. The predicted molar refractivity (Wildman–Crippen MR) is 63.7 cm³/mol. The Morgan fingerprint density at radius 2 is 2.00 bits per heavy atom. The highest BCUT2D eigenvalue weighted by Crippen LogP contribution is 2.21. The second-order valence-electron chi connectivity index (χ2n) is 4.69. The summed E-state index contributed by atoms with van der Waals surface area (Å²) in [5.74, 6) is -1.88. The van der Waals surface area contributed by atoms with Crippen molar-refractivity contribution in [3.63, 3.8) is 0 Å². The topological polar surface area (TPSA) is 113 Å². The van der Waals surface area contributed by atoms with Gasteiger partial charge in [0.15, 0.2) is 0 Å². The van der Waals surface area contributed by atoms with Crippen LogP contribution in [0.5, 0.6) is 0 Å². The van der Waals surface area contributed by atoms with E-state index in [0.29, 0.717) is 12.8 Å². The number of nitrogens with two attached hydrogens (primary N) is 1. The van der Waals surface area contributed by atoms with Crippen molar-refractivity contribution < 1.29 is 19.5 Å². The normalized spacial score (nSPS) is 25.3. The van der Waals surface area contributed by atoms with E-state index in [4.69, 9.17) is 10.8 Å². The van der Waals surface area contributed by atoms with Crippen LogP contribution in [0.4, 0.5) is 4.79 Å². The van der Waals surface area contributed by atoms with E-state index in [2.05, 4.69) is 5.32 Å². The first-order valence-corrected chi connectivity index (χ1v) is 5.92. The van der Waals surface area contributed by atoms with Gasteiger partial charge in [0.2, 0.25) is 5.91 Å². The van der Waals surface area contributed by atoms with Gasteiger partial charge in [-0.3, -0.25) is 9.59 Å². The number of nitrogens with one attached hydrogen (secondary N) is 1. The molecule has 2 unspecified atom stereocenters. The van der Waals surface area contributed by atoms with Crippen molar-refractivity contribution in [3.05, 3.63) is 0 Å². The van der Waals surface area contributed by atoms with Gasteiger partial charge < -0.3 is 21.1 Å². The summed E-state index contributed by atoms with van der Waals surface area (Å²) in [7, 11) is 0. The van der Waals surface area contributed by atoms with Crippen LogP contribution in [0, 0.1) is 5.92 Å². The lowest BCUT2D eigenvalue weighted by atomic mass is 9.93. The molecular formula is C11H19N3O4. The van der Waals surface area contributed by atoms with Crippen molar-refractivity contribution in [2.24, 2.45) is 11.7 Å². The Kier molecular flexibility index (Phi) is 4.52. The van der Waals surface area contributed by atoms with Crippen molar-refractivity contribution in [1.29, 1.82) is 0 Å². The third-order valence-electron chi connectivity index (χ3n) is 3.26. The van der Waals surface area contributed by atoms with Crippen molar-refractivity contribution >= 4 is 17.9 Å². The van der Waals surface area contributed by atoms with E-state index in [1.807, 2.05) is 6.92 Å². The van der Waals surface area contributed by atoms with Crippen LogP contribution in [0.2, 0.25) is 0 Å². The van der Waals surface area contributed by atoms with Gasteiger partial charge in [0.1, 0.15) is 6.04 Å². The molecule has 0 radical (unpaired) electrons. The van der Waals surface area contributed by atoms with Crippen molar-refractivity contribution in [2.45, 2.75) is 38.8 Å². The molecule has 1 saturated heterocycles. The molecule has 3 amide bonds.